The normalized spacial score (nSPS) is 21.0. The first-order valence-electron chi connectivity index (χ1n) is 10.3. The Morgan fingerprint density at radius 3 is 2.25 bits per heavy atom. The van der Waals surface area contributed by atoms with Crippen molar-refractivity contribution in [2.24, 2.45) is 0 Å². The van der Waals surface area contributed by atoms with Crippen molar-refractivity contribution in [3.8, 4) is 11.1 Å². The number of carbonyl (C=O) groups excluding carboxylic acids is 1. The lowest BCUT2D eigenvalue weighted by Crippen LogP contribution is -2.23. The fourth-order valence-corrected chi connectivity index (χ4v) is 4.64. The standard InChI is InChI=1S/C22H24FN.C2H4O2/c23-21-14-17(5-8-19(21)15-3-4-15)16-6-9-20-18(13-16)7-10-22(20)24-11-1-2-12-24;1-4-2-3/h5-6,8-9,13-15,22H,1-4,7,10-12H2;2H,1H3. The van der Waals surface area contributed by atoms with E-state index < -0.39 is 0 Å². The first-order valence-corrected chi connectivity index (χ1v) is 10.3. The molecule has 0 amide bonds. The fraction of sp³-hybridized carbons (Fsp3) is 0.458. The molecule has 2 aliphatic carbocycles. The van der Waals surface area contributed by atoms with Crippen LogP contribution in [0.15, 0.2) is 36.4 Å². The predicted octanol–water partition coefficient (Wildman–Crippen LogP) is 5.24. The minimum atomic E-state index is -0.0227. The maximum absolute atomic E-state index is 14.4. The van der Waals surface area contributed by atoms with Crippen molar-refractivity contribution in [1.29, 1.82) is 0 Å². The number of halogens is 1. The molecule has 1 atom stereocenters. The number of methoxy groups -OCH3 is 1. The third-order valence-electron chi connectivity index (χ3n) is 6.22. The monoisotopic (exact) mass is 381 g/mol. The van der Waals surface area contributed by atoms with Crippen molar-refractivity contribution < 1.29 is 13.9 Å². The highest BCUT2D eigenvalue weighted by Crippen LogP contribution is 2.43. The van der Waals surface area contributed by atoms with Gasteiger partial charge in [0.2, 0.25) is 0 Å². The maximum Gasteiger partial charge on any atom is 0.292 e. The molecule has 2 aromatic rings. The van der Waals surface area contributed by atoms with Crippen LogP contribution in [0.1, 0.15) is 60.8 Å². The molecule has 5 rings (SSSR count). The molecule has 1 aliphatic heterocycles. The maximum atomic E-state index is 14.4. The number of aryl methyl sites for hydroxylation is 1. The average Bonchev–Trinajstić information content (AvgIpc) is 3.25. The second kappa shape index (κ2) is 8.44. The van der Waals surface area contributed by atoms with Crippen LogP contribution in [0.2, 0.25) is 0 Å². The third kappa shape index (κ3) is 3.97. The molecule has 0 N–H and O–H groups in total. The van der Waals surface area contributed by atoms with Crippen molar-refractivity contribution in [1.82, 2.24) is 4.90 Å². The van der Waals surface area contributed by atoms with E-state index in [4.69, 9.17) is 4.79 Å². The number of carbonyl (C=O) groups is 1. The van der Waals surface area contributed by atoms with Gasteiger partial charge >= 0.3 is 0 Å². The SMILES string of the molecule is COC=O.Fc1cc(-c2ccc3c(c2)CCC3N2CCCC2)ccc1C1CC1. The van der Waals surface area contributed by atoms with E-state index in [-0.39, 0.29) is 5.82 Å². The van der Waals surface area contributed by atoms with Crippen LogP contribution in [0.5, 0.6) is 0 Å². The molecule has 1 saturated heterocycles. The first kappa shape index (κ1) is 19.1. The summed E-state index contributed by atoms with van der Waals surface area (Å²) in [4.78, 5) is 11.6. The molecule has 2 fully saturated rings. The zero-order chi connectivity index (χ0) is 19.5. The van der Waals surface area contributed by atoms with Gasteiger partial charge < -0.3 is 4.74 Å². The molecule has 0 aromatic heterocycles. The second-order valence-corrected chi connectivity index (χ2v) is 8.05. The largest absolute Gasteiger partial charge is 0.471 e. The van der Waals surface area contributed by atoms with Crippen LogP contribution < -0.4 is 0 Å². The summed E-state index contributed by atoms with van der Waals surface area (Å²) in [5.41, 5.74) is 6.07. The molecule has 0 radical (unpaired) electrons. The minimum absolute atomic E-state index is 0.0227. The number of rotatable bonds is 4. The van der Waals surface area contributed by atoms with Crippen LogP contribution in [-0.4, -0.2) is 31.6 Å². The van der Waals surface area contributed by atoms with Gasteiger partial charge in [0, 0.05) is 6.04 Å². The van der Waals surface area contributed by atoms with E-state index in [1.54, 1.807) is 6.07 Å². The van der Waals surface area contributed by atoms with E-state index >= 15 is 0 Å². The lowest BCUT2D eigenvalue weighted by atomic mass is 9.97. The van der Waals surface area contributed by atoms with Crippen LogP contribution in [0.25, 0.3) is 11.1 Å². The van der Waals surface area contributed by atoms with E-state index in [1.807, 2.05) is 6.07 Å². The molecule has 148 valence electrons. The zero-order valence-corrected chi connectivity index (χ0v) is 16.5. The van der Waals surface area contributed by atoms with Crippen LogP contribution >= 0.6 is 0 Å². The van der Waals surface area contributed by atoms with Gasteiger partial charge in [0.1, 0.15) is 5.82 Å². The Hall–Kier alpha value is -2.20. The van der Waals surface area contributed by atoms with Gasteiger partial charge in [-0.1, -0.05) is 30.3 Å². The molecule has 0 bridgehead atoms. The molecule has 3 aliphatic rings. The highest BCUT2D eigenvalue weighted by atomic mass is 19.1. The first-order chi connectivity index (χ1) is 13.7. The molecule has 1 heterocycles. The van der Waals surface area contributed by atoms with Crippen molar-refractivity contribution in [3.63, 3.8) is 0 Å². The van der Waals surface area contributed by atoms with Crippen molar-refractivity contribution in [3.05, 3.63) is 58.9 Å². The summed E-state index contributed by atoms with van der Waals surface area (Å²) in [5, 5.41) is 0. The van der Waals surface area contributed by atoms with Crippen molar-refractivity contribution in [2.45, 2.75) is 50.5 Å². The number of benzene rings is 2. The zero-order valence-electron chi connectivity index (χ0n) is 16.5. The van der Waals surface area contributed by atoms with Crippen LogP contribution in [0.4, 0.5) is 4.39 Å². The van der Waals surface area contributed by atoms with Gasteiger partial charge in [-0.2, -0.15) is 0 Å². The summed E-state index contributed by atoms with van der Waals surface area (Å²) in [7, 11) is 1.31. The number of hydrogen-bond donors (Lipinski definition) is 0. The highest BCUT2D eigenvalue weighted by Gasteiger charge is 2.30. The smallest absolute Gasteiger partial charge is 0.292 e. The molecule has 2 aromatic carbocycles. The van der Waals surface area contributed by atoms with E-state index in [0.29, 0.717) is 18.4 Å². The summed E-state index contributed by atoms with van der Waals surface area (Å²) in [6.45, 7) is 2.87. The summed E-state index contributed by atoms with van der Waals surface area (Å²) in [6, 6.07) is 13.3. The topological polar surface area (TPSA) is 29.5 Å². The van der Waals surface area contributed by atoms with E-state index in [1.165, 1.54) is 50.6 Å². The summed E-state index contributed by atoms with van der Waals surface area (Å²) in [6.07, 6.45) is 7.38. The van der Waals surface area contributed by atoms with E-state index in [9.17, 15) is 4.39 Å². The summed E-state index contributed by atoms with van der Waals surface area (Å²) in [5.74, 6) is 0.450. The minimum Gasteiger partial charge on any atom is -0.471 e. The van der Waals surface area contributed by atoms with Crippen molar-refractivity contribution >= 4 is 6.47 Å². The Bertz CT molecular complexity index is 840. The number of fused-ring (bicyclic) bond motifs is 1. The molecule has 1 unspecified atom stereocenters. The van der Waals surface area contributed by atoms with Gasteiger partial charge in [-0.25, -0.2) is 4.39 Å². The van der Waals surface area contributed by atoms with Crippen molar-refractivity contribution in [2.75, 3.05) is 20.2 Å². The Morgan fingerprint density at radius 1 is 1.00 bits per heavy atom. The van der Waals surface area contributed by atoms with Gasteiger partial charge in [0.25, 0.3) is 6.47 Å². The number of ether oxygens (including phenoxy) is 1. The van der Waals surface area contributed by atoms with Gasteiger partial charge in [-0.3, -0.25) is 9.69 Å². The number of hydrogen-bond acceptors (Lipinski definition) is 3. The van der Waals surface area contributed by atoms with E-state index in [0.717, 1.165) is 36.0 Å². The molecule has 0 spiro atoms. The average molecular weight is 381 g/mol. The molecular weight excluding hydrogens is 353 g/mol. The van der Waals surface area contributed by atoms with Crippen LogP contribution in [-0.2, 0) is 16.0 Å². The van der Waals surface area contributed by atoms with Crippen LogP contribution in [0, 0.1) is 5.82 Å². The van der Waals surface area contributed by atoms with Crippen LogP contribution in [0.3, 0.4) is 0 Å². The molecule has 3 nitrogen and oxygen atoms in total. The fourth-order valence-electron chi connectivity index (χ4n) is 4.64. The lowest BCUT2D eigenvalue weighted by Gasteiger charge is -2.24. The Kier molecular flexibility index (Phi) is 5.77. The number of nitrogens with zero attached hydrogens (tertiary/aromatic N) is 1. The predicted molar refractivity (Wildman–Crippen MR) is 109 cm³/mol. The van der Waals surface area contributed by atoms with Gasteiger partial charge in [-0.15, -0.1) is 0 Å². The molecule has 1 saturated carbocycles. The Morgan fingerprint density at radius 2 is 1.64 bits per heavy atom. The van der Waals surface area contributed by atoms with E-state index in [2.05, 4.69) is 33.9 Å². The summed E-state index contributed by atoms with van der Waals surface area (Å²) >= 11 is 0. The highest BCUT2D eigenvalue weighted by molar-refractivity contribution is 5.66. The Labute approximate surface area is 166 Å². The van der Waals surface area contributed by atoms with Gasteiger partial charge in [0.15, 0.2) is 0 Å². The second-order valence-electron chi connectivity index (χ2n) is 8.05. The number of likely N-dealkylation sites (tertiary alicyclic amines) is 1. The Balaban J connectivity index is 0.000000442. The molecule has 28 heavy (non-hydrogen) atoms. The molecule has 4 heteroatoms. The summed E-state index contributed by atoms with van der Waals surface area (Å²) < 4.78 is 18.2. The van der Waals surface area contributed by atoms with Gasteiger partial charge in [-0.05, 0) is 91.4 Å². The van der Waals surface area contributed by atoms with Gasteiger partial charge in [0.05, 0.1) is 7.11 Å². The quantitative estimate of drug-likeness (QED) is 0.678. The molecular formula is C24H28FNO2. The lowest BCUT2D eigenvalue weighted by molar-refractivity contribution is -0.126. The third-order valence-corrected chi connectivity index (χ3v) is 6.22.